The van der Waals surface area contributed by atoms with Crippen molar-refractivity contribution >= 4 is 12.2 Å². The fraction of sp³-hybridized carbons (Fsp3) is 0.909. The van der Waals surface area contributed by atoms with Gasteiger partial charge in [-0.05, 0) is 48.6 Å². The predicted molar refractivity (Wildman–Crippen MR) is 123 cm³/mol. The lowest BCUT2D eigenvalue weighted by molar-refractivity contribution is 0.00378. The number of nitrogens with one attached hydrogen (secondary N) is 2. The van der Waals surface area contributed by atoms with Crippen LogP contribution in [-0.4, -0.2) is 112 Å². The highest BCUT2D eigenvalue weighted by molar-refractivity contribution is 5.70. The number of ether oxygens (including phenoxy) is 4. The quantitative estimate of drug-likeness (QED) is 0.654. The zero-order chi connectivity index (χ0) is 24.7. The van der Waals surface area contributed by atoms with Crippen LogP contribution in [0.4, 0.5) is 9.59 Å². The molecule has 2 saturated heterocycles. The van der Waals surface area contributed by atoms with Crippen LogP contribution in [0.15, 0.2) is 0 Å². The highest BCUT2D eigenvalue weighted by atomic mass is 16.6. The Morgan fingerprint density at radius 2 is 1.50 bits per heavy atom. The molecule has 2 rings (SSSR count). The first kappa shape index (κ1) is 28.4. The van der Waals surface area contributed by atoms with Crippen LogP contribution in [0.2, 0.25) is 0 Å². The van der Waals surface area contributed by atoms with E-state index in [2.05, 4.69) is 10.6 Å². The third-order valence-electron chi connectivity index (χ3n) is 5.20. The van der Waals surface area contributed by atoms with Gasteiger partial charge in [0, 0.05) is 46.9 Å². The molecule has 0 radical (unpaired) electrons. The molecule has 0 spiro atoms. The topological polar surface area (TPSA) is 102 Å². The van der Waals surface area contributed by atoms with Gasteiger partial charge in [0.2, 0.25) is 0 Å². The highest BCUT2D eigenvalue weighted by Gasteiger charge is 2.41. The molecule has 10 nitrogen and oxygen atoms in total. The number of likely N-dealkylation sites (tertiary alicyclic amines) is 1. The summed E-state index contributed by atoms with van der Waals surface area (Å²) in [4.78, 5) is 27.5. The molecule has 0 saturated carbocycles. The molecule has 2 aliphatic rings. The van der Waals surface area contributed by atoms with E-state index in [0.29, 0.717) is 25.2 Å². The van der Waals surface area contributed by atoms with E-state index in [0.717, 1.165) is 13.1 Å². The van der Waals surface area contributed by atoms with Gasteiger partial charge in [-0.3, -0.25) is 0 Å². The molecule has 2 amide bonds. The SMILES string of the molecule is CN[C@H]1CNC[C@@H]1OC.CO[C@H]1CN(C(=O)OC(C)(C)C)C[C@@H]1N(C)C(=O)OC(C)(C)C. The standard InChI is InChI=1S/C16H30N2O5.C6H14N2O/c1-15(2,3)22-13(19)17(7)11-9-18(10-12(11)21-8)14(20)23-16(4,5)6;1-7-5-3-8-4-6(5)9-2/h11-12H,9-10H2,1-8H3;5-8H,3-4H2,1-2H3/t11-,12-;5-,6-/m00/s1. The summed E-state index contributed by atoms with van der Waals surface area (Å²) in [5.41, 5.74) is -1.13. The fourth-order valence-corrected chi connectivity index (χ4v) is 3.50. The van der Waals surface area contributed by atoms with Gasteiger partial charge in [-0.15, -0.1) is 0 Å². The first-order chi connectivity index (χ1) is 14.7. The van der Waals surface area contributed by atoms with Crippen molar-refractivity contribution in [2.24, 2.45) is 0 Å². The van der Waals surface area contributed by atoms with Gasteiger partial charge >= 0.3 is 12.2 Å². The summed E-state index contributed by atoms with van der Waals surface area (Å²) in [7, 11) is 6.94. The maximum Gasteiger partial charge on any atom is 0.410 e. The Hall–Kier alpha value is -1.62. The van der Waals surface area contributed by atoms with E-state index in [1.54, 1.807) is 26.2 Å². The molecule has 4 atom stereocenters. The van der Waals surface area contributed by atoms with Crippen molar-refractivity contribution in [2.75, 3.05) is 54.5 Å². The highest BCUT2D eigenvalue weighted by Crippen LogP contribution is 2.22. The number of likely N-dealkylation sites (N-methyl/N-ethyl adjacent to an activating group) is 2. The van der Waals surface area contributed by atoms with Crippen LogP contribution in [0.25, 0.3) is 0 Å². The van der Waals surface area contributed by atoms with Crippen LogP contribution in [0.1, 0.15) is 41.5 Å². The average molecular weight is 461 g/mol. The number of hydrogen-bond donors (Lipinski definition) is 2. The molecule has 0 aliphatic carbocycles. The average Bonchev–Trinajstić information content (AvgIpc) is 3.31. The number of nitrogens with zero attached hydrogens (tertiary/aromatic N) is 2. The summed E-state index contributed by atoms with van der Waals surface area (Å²) in [6.07, 6.45) is -0.759. The van der Waals surface area contributed by atoms with Gasteiger partial charge in [-0.1, -0.05) is 0 Å². The molecule has 2 N–H and O–H groups in total. The smallest absolute Gasteiger partial charge is 0.410 e. The van der Waals surface area contributed by atoms with Gasteiger partial charge in [0.25, 0.3) is 0 Å². The van der Waals surface area contributed by atoms with Gasteiger partial charge in [-0.25, -0.2) is 9.59 Å². The Morgan fingerprint density at radius 1 is 0.938 bits per heavy atom. The number of carbonyl (C=O) groups is 2. The lowest BCUT2D eigenvalue weighted by atomic mass is 10.2. The summed E-state index contributed by atoms with van der Waals surface area (Å²) in [6, 6.07) is 0.220. The molecular weight excluding hydrogens is 416 g/mol. The second-order valence-electron chi connectivity index (χ2n) is 10.1. The molecule has 188 valence electrons. The monoisotopic (exact) mass is 460 g/mol. The Kier molecular flexibility index (Phi) is 10.7. The molecule has 0 unspecified atom stereocenters. The van der Waals surface area contributed by atoms with Gasteiger partial charge in [0.1, 0.15) is 11.2 Å². The van der Waals surface area contributed by atoms with Gasteiger partial charge in [-0.2, -0.15) is 0 Å². The first-order valence-electron chi connectivity index (χ1n) is 11.1. The van der Waals surface area contributed by atoms with Crippen LogP contribution < -0.4 is 10.6 Å². The van der Waals surface area contributed by atoms with Crippen molar-refractivity contribution in [3.8, 4) is 0 Å². The van der Waals surface area contributed by atoms with Crippen molar-refractivity contribution in [3.63, 3.8) is 0 Å². The predicted octanol–water partition coefficient (Wildman–Crippen LogP) is 1.68. The Morgan fingerprint density at radius 3 is 1.94 bits per heavy atom. The van der Waals surface area contributed by atoms with Crippen molar-refractivity contribution in [3.05, 3.63) is 0 Å². The minimum absolute atomic E-state index is 0.276. The Balaban J connectivity index is 0.000000471. The van der Waals surface area contributed by atoms with Crippen molar-refractivity contribution in [1.82, 2.24) is 20.4 Å². The Bertz CT molecular complexity index is 594. The van der Waals surface area contributed by atoms with E-state index in [-0.39, 0.29) is 12.1 Å². The number of hydrogen-bond acceptors (Lipinski definition) is 8. The number of methoxy groups -OCH3 is 2. The summed E-state index contributed by atoms with van der Waals surface area (Å²) >= 11 is 0. The largest absolute Gasteiger partial charge is 0.444 e. The summed E-state index contributed by atoms with van der Waals surface area (Å²) in [5.74, 6) is 0. The van der Waals surface area contributed by atoms with Crippen LogP contribution in [0.5, 0.6) is 0 Å². The van der Waals surface area contributed by atoms with Crippen molar-refractivity contribution in [1.29, 1.82) is 0 Å². The second-order valence-corrected chi connectivity index (χ2v) is 10.1. The van der Waals surface area contributed by atoms with E-state index in [1.807, 2.05) is 48.6 Å². The van der Waals surface area contributed by atoms with Crippen molar-refractivity contribution in [2.45, 2.75) is 77.0 Å². The number of rotatable bonds is 4. The van der Waals surface area contributed by atoms with Gasteiger partial charge in [0.05, 0.1) is 24.8 Å². The zero-order valence-electron chi connectivity index (χ0n) is 21.5. The lowest BCUT2D eigenvalue weighted by Crippen LogP contribution is -2.47. The van der Waals surface area contributed by atoms with Crippen molar-refractivity contribution < 1.29 is 28.5 Å². The summed E-state index contributed by atoms with van der Waals surface area (Å²) in [5, 5.41) is 6.41. The minimum atomic E-state index is -0.572. The van der Waals surface area contributed by atoms with E-state index >= 15 is 0 Å². The molecule has 2 aliphatic heterocycles. The van der Waals surface area contributed by atoms with E-state index in [4.69, 9.17) is 18.9 Å². The Labute approximate surface area is 193 Å². The van der Waals surface area contributed by atoms with E-state index in [9.17, 15) is 9.59 Å². The van der Waals surface area contributed by atoms with Crippen LogP contribution in [0.3, 0.4) is 0 Å². The van der Waals surface area contributed by atoms with E-state index < -0.39 is 23.4 Å². The maximum absolute atomic E-state index is 12.2. The van der Waals surface area contributed by atoms with Crippen LogP contribution in [-0.2, 0) is 18.9 Å². The molecule has 0 aromatic heterocycles. The molecule has 0 bridgehead atoms. The number of amides is 2. The van der Waals surface area contributed by atoms with Gasteiger partial charge in [0.15, 0.2) is 0 Å². The first-order valence-corrected chi connectivity index (χ1v) is 11.1. The molecule has 2 heterocycles. The molecule has 0 aromatic carbocycles. The lowest BCUT2D eigenvalue weighted by Gasteiger charge is -2.30. The zero-order valence-corrected chi connectivity index (χ0v) is 21.5. The molecule has 2 fully saturated rings. The minimum Gasteiger partial charge on any atom is -0.444 e. The molecular formula is C22H44N4O6. The van der Waals surface area contributed by atoms with Crippen LogP contribution in [0, 0.1) is 0 Å². The third-order valence-corrected chi connectivity index (χ3v) is 5.20. The van der Waals surface area contributed by atoms with Gasteiger partial charge < -0.3 is 39.4 Å². The number of carbonyl (C=O) groups excluding carboxylic acids is 2. The summed E-state index contributed by atoms with van der Waals surface area (Å²) < 4.78 is 21.4. The fourth-order valence-electron chi connectivity index (χ4n) is 3.50. The summed E-state index contributed by atoms with van der Waals surface area (Å²) in [6.45, 7) is 13.6. The van der Waals surface area contributed by atoms with E-state index in [1.165, 1.54) is 4.90 Å². The molecule has 0 aromatic rings. The second kappa shape index (κ2) is 12.0. The maximum atomic E-state index is 12.2. The molecule has 10 heteroatoms. The van der Waals surface area contributed by atoms with Crippen LogP contribution >= 0.6 is 0 Å². The molecule has 32 heavy (non-hydrogen) atoms. The normalized spacial score (nSPS) is 25.8. The third kappa shape index (κ3) is 9.09.